The molecule has 100 valence electrons. The molecule has 0 aromatic heterocycles. The van der Waals surface area contributed by atoms with Gasteiger partial charge < -0.3 is 5.73 Å². The molecule has 1 aromatic rings. The highest BCUT2D eigenvalue weighted by Crippen LogP contribution is 2.27. The lowest BCUT2D eigenvalue weighted by molar-refractivity contribution is 0.121. The molecule has 1 fully saturated rings. The molecule has 1 aliphatic heterocycles. The second kappa shape index (κ2) is 6.35. The summed E-state index contributed by atoms with van der Waals surface area (Å²) in [5, 5.41) is 0. The van der Waals surface area contributed by atoms with Crippen LogP contribution in [0, 0.1) is 9.49 Å². The van der Waals surface area contributed by atoms with Gasteiger partial charge in [0.1, 0.15) is 0 Å². The van der Waals surface area contributed by atoms with E-state index in [1.54, 1.807) is 0 Å². The van der Waals surface area contributed by atoms with Gasteiger partial charge in [-0.05, 0) is 79.4 Å². The second-order valence-corrected chi connectivity index (χ2v) is 6.73. The van der Waals surface area contributed by atoms with Crippen molar-refractivity contribution in [3.63, 3.8) is 0 Å². The van der Waals surface area contributed by atoms with Crippen LogP contribution in [-0.4, -0.2) is 24.0 Å². The summed E-state index contributed by atoms with van der Waals surface area (Å²) >= 11 is 2.36. The monoisotopic (exact) mass is 358 g/mol. The molecule has 1 aromatic carbocycles. The summed E-state index contributed by atoms with van der Waals surface area (Å²) in [5.74, 6) is 0.657. The third kappa shape index (κ3) is 3.45. The van der Waals surface area contributed by atoms with Crippen molar-refractivity contribution >= 4 is 22.6 Å². The van der Waals surface area contributed by atoms with Gasteiger partial charge >= 0.3 is 0 Å². The third-order valence-electron chi connectivity index (χ3n) is 4.13. The first-order valence-electron chi connectivity index (χ1n) is 6.83. The number of piperidine rings is 1. The summed E-state index contributed by atoms with van der Waals surface area (Å²) < 4.78 is 1.30. The van der Waals surface area contributed by atoms with Gasteiger partial charge in [0, 0.05) is 22.2 Å². The van der Waals surface area contributed by atoms with Gasteiger partial charge in [0.15, 0.2) is 0 Å². The van der Waals surface area contributed by atoms with E-state index in [1.807, 2.05) is 0 Å². The van der Waals surface area contributed by atoms with Crippen molar-refractivity contribution in [2.24, 2.45) is 11.7 Å². The van der Waals surface area contributed by atoms with Crippen LogP contribution in [0.4, 0.5) is 0 Å². The number of benzene rings is 1. The minimum Gasteiger partial charge on any atom is -0.328 e. The normalized spacial score (nSPS) is 24.8. The largest absolute Gasteiger partial charge is 0.328 e. The quantitative estimate of drug-likeness (QED) is 0.839. The molecule has 2 nitrogen and oxygen atoms in total. The third-order valence-corrected chi connectivity index (χ3v) is 4.85. The van der Waals surface area contributed by atoms with Gasteiger partial charge in [0.05, 0.1) is 0 Å². The molecule has 0 bridgehead atoms. The van der Waals surface area contributed by atoms with E-state index in [-0.39, 0.29) is 0 Å². The van der Waals surface area contributed by atoms with Gasteiger partial charge in [-0.15, -0.1) is 0 Å². The summed E-state index contributed by atoms with van der Waals surface area (Å²) in [6, 6.07) is 9.71. The van der Waals surface area contributed by atoms with Crippen LogP contribution < -0.4 is 5.73 Å². The number of hydrogen-bond acceptors (Lipinski definition) is 2. The van der Waals surface area contributed by atoms with Gasteiger partial charge in [-0.1, -0.05) is 12.1 Å². The number of halogens is 1. The zero-order chi connectivity index (χ0) is 13.1. The molecule has 0 saturated carbocycles. The Morgan fingerprint density at radius 3 is 2.56 bits per heavy atom. The summed E-state index contributed by atoms with van der Waals surface area (Å²) in [7, 11) is 0. The Balaban J connectivity index is 2.04. The first-order chi connectivity index (χ1) is 8.58. The first kappa shape index (κ1) is 14.3. The van der Waals surface area contributed by atoms with Crippen molar-refractivity contribution in [1.82, 2.24) is 4.90 Å². The van der Waals surface area contributed by atoms with E-state index >= 15 is 0 Å². The van der Waals surface area contributed by atoms with Crippen molar-refractivity contribution in [1.29, 1.82) is 0 Å². The second-order valence-electron chi connectivity index (χ2n) is 5.48. The van der Waals surface area contributed by atoms with Crippen LogP contribution in [0.25, 0.3) is 0 Å². The van der Waals surface area contributed by atoms with Crippen molar-refractivity contribution in [3.05, 3.63) is 33.4 Å². The average molecular weight is 358 g/mol. The Bertz CT molecular complexity index is 375. The highest BCUT2D eigenvalue weighted by Gasteiger charge is 2.26. The lowest BCUT2D eigenvalue weighted by Crippen LogP contribution is -2.43. The molecule has 0 radical (unpaired) electrons. The maximum Gasteiger partial charge on any atom is 0.0320 e. The molecule has 0 spiro atoms. The Kier molecular flexibility index (Phi) is 5.04. The van der Waals surface area contributed by atoms with Gasteiger partial charge in [0.2, 0.25) is 0 Å². The van der Waals surface area contributed by atoms with E-state index in [0.29, 0.717) is 18.0 Å². The van der Waals surface area contributed by atoms with Crippen LogP contribution in [0.1, 0.15) is 38.3 Å². The van der Waals surface area contributed by atoms with Gasteiger partial charge in [-0.3, -0.25) is 4.90 Å². The molecule has 3 atom stereocenters. The molecule has 18 heavy (non-hydrogen) atoms. The average Bonchev–Trinajstić information content (AvgIpc) is 2.39. The van der Waals surface area contributed by atoms with E-state index in [4.69, 9.17) is 5.73 Å². The fourth-order valence-electron chi connectivity index (χ4n) is 2.77. The summed E-state index contributed by atoms with van der Waals surface area (Å²) in [6.45, 7) is 6.80. The summed E-state index contributed by atoms with van der Waals surface area (Å²) in [6.07, 6.45) is 2.56. The molecule has 0 amide bonds. The van der Waals surface area contributed by atoms with E-state index < -0.39 is 0 Å². The zero-order valence-corrected chi connectivity index (χ0v) is 13.4. The molecule has 0 aliphatic carbocycles. The van der Waals surface area contributed by atoms with Crippen LogP contribution in [0.3, 0.4) is 0 Å². The van der Waals surface area contributed by atoms with Crippen molar-refractivity contribution in [2.45, 2.75) is 38.8 Å². The van der Waals surface area contributed by atoms with Crippen LogP contribution in [-0.2, 0) is 0 Å². The fourth-order valence-corrected chi connectivity index (χ4v) is 3.13. The molecule has 3 heteroatoms. The zero-order valence-electron chi connectivity index (χ0n) is 11.3. The van der Waals surface area contributed by atoms with Crippen molar-refractivity contribution in [2.75, 3.05) is 13.1 Å². The predicted molar refractivity (Wildman–Crippen MR) is 85.5 cm³/mol. The highest BCUT2D eigenvalue weighted by molar-refractivity contribution is 14.1. The van der Waals surface area contributed by atoms with E-state index in [9.17, 15) is 0 Å². The lowest BCUT2D eigenvalue weighted by atomic mass is 9.90. The maximum atomic E-state index is 6.06. The summed E-state index contributed by atoms with van der Waals surface area (Å²) in [4.78, 5) is 2.58. The summed E-state index contributed by atoms with van der Waals surface area (Å²) in [5.41, 5.74) is 7.48. The molecule has 2 N–H and O–H groups in total. The molecular weight excluding hydrogens is 335 g/mol. The molecule has 1 saturated heterocycles. The fraction of sp³-hybridized carbons (Fsp3) is 0.600. The Hall–Kier alpha value is -0.130. The Morgan fingerprint density at radius 2 is 1.94 bits per heavy atom. The molecule has 1 aliphatic rings. The number of nitrogens with zero attached hydrogens (tertiary/aromatic N) is 1. The van der Waals surface area contributed by atoms with Gasteiger partial charge in [-0.25, -0.2) is 0 Å². The number of hydrogen-bond donors (Lipinski definition) is 1. The number of nitrogens with two attached hydrogens (primary N) is 1. The Morgan fingerprint density at radius 1 is 1.28 bits per heavy atom. The lowest BCUT2D eigenvalue weighted by Gasteiger charge is -2.38. The highest BCUT2D eigenvalue weighted by atomic mass is 127. The van der Waals surface area contributed by atoms with Gasteiger partial charge in [0.25, 0.3) is 0 Å². The van der Waals surface area contributed by atoms with Crippen molar-refractivity contribution < 1.29 is 0 Å². The van der Waals surface area contributed by atoms with Crippen molar-refractivity contribution in [3.8, 4) is 0 Å². The number of likely N-dealkylation sites (tertiary alicyclic amines) is 1. The van der Waals surface area contributed by atoms with Crippen LogP contribution in [0.5, 0.6) is 0 Å². The first-order valence-corrected chi connectivity index (χ1v) is 7.91. The smallest absolute Gasteiger partial charge is 0.0320 e. The Labute approximate surface area is 124 Å². The molecular formula is C15H23IN2. The topological polar surface area (TPSA) is 29.3 Å². The predicted octanol–water partition coefficient (Wildman–Crippen LogP) is 3.41. The standard InChI is InChI=1S/C15H23IN2/c1-11(17)14-4-3-9-18(10-14)12(2)13-5-7-15(16)8-6-13/h5-8,11-12,14H,3-4,9-10,17H2,1-2H3. The van der Waals surface area contributed by atoms with Gasteiger partial charge in [-0.2, -0.15) is 0 Å². The minimum absolute atomic E-state index is 0.316. The van der Waals surface area contributed by atoms with Crippen LogP contribution in [0.2, 0.25) is 0 Å². The minimum atomic E-state index is 0.316. The molecule has 1 heterocycles. The van der Waals surface area contributed by atoms with Crippen LogP contribution >= 0.6 is 22.6 Å². The molecule has 2 rings (SSSR count). The molecule has 3 unspecified atom stereocenters. The number of rotatable bonds is 3. The maximum absolute atomic E-state index is 6.06. The van der Waals surface area contributed by atoms with E-state index in [0.717, 1.165) is 6.54 Å². The SMILES string of the molecule is CC(N)C1CCCN(C(C)c2ccc(I)cc2)C1. The van der Waals surface area contributed by atoms with Crippen LogP contribution in [0.15, 0.2) is 24.3 Å². The van der Waals surface area contributed by atoms with E-state index in [1.165, 1.54) is 28.5 Å². The van der Waals surface area contributed by atoms with E-state index in [2.05, 4.69) is 65.6 Å².